The lowest BCUT2D eigenvalue weighted by molar-refractivity contribution is -0.322. The monoisotopic (exact) mass is 353 g/mol. The fourth-order valence-electron chi connectivity index (χ4n) is 2.13. The van der Waals surface area contributed by atoms with Gasteiger partial charge in [0.1, 0.15) is 0 Å². The van der Waals surface area contributed by atoms with Gasteiger partial charge in [-0.15, -0.1) is 13.2 Å². The van der Waals surface area contributed by atoms with Crippen molar-refractivity contribution >= 4 is 7.82 Å². The third-order valence-electron chi connectivity index (χ3n) is 3.13. The van der Waals surface area contributed by atoms with E-state index in [2.05, 4.69) is 16.0 Å². The van der Waals surface area contributed by atoms with Gasteiger partial charge in [-0.1, -0.05) is 44.0 Å². The molecule has 4 nitrogen and oxygen atoms in total. The van der Waals surface area contributed by atoms with Gasteiger partial charge >= 0.3 is 6.36 Å². The molecule has 1 rings (SSSR count). The molecule has 1 aromatic rings. The molecular weight excluding hydrogens is 332 g/mol. The zero-order valence-electron chi connectivity index (χ0n) is 13.0. The fraction of sp³-hybridized carbons (Fsp3) is 0.600. The molecule has 132 valence electrons. The maximum atomic E-state index is 11.8. The molecular formula is C15H21F3O4P-. The van der Waals surface area contributed by atoms with Crippen LogP contribution in [0.2, 0.25) is 0 Å². The number of phosphoric ester groups is 1. The van der Waals surface area contributed by atoms with Gasteiger partial charge in [0.25, 0.3) is 7.82 Å². The minimum atomic E-state index is -5.34. The van der Waals surface area contributed by atoms with E-state index in [0.29, 0.717) is 6.42 Å². The van der Waals surface area contributed by atoms with E-state index in [0.717, 1.165) is 31.2 Å². The van der Waals surface area contributed by atoms with Crippen molar-refractivity contribution < 1.29 is 31.7 Å². The molecule has 8 heteroatoms. The highest BCUT2D eigenvalue weighted by molar-refractivity contribution is 7.45. The first-order chi connectivity index (χ1) is 10.7. The lowest BCUT2D eigenvalue weighted by atomic mass is 10.0. The Hall–Kier alpha value is -0.880. The van der Waals surface area contributed by atoms with Gasteiger partial charge in [0.2, 0.25) is 0 Å². The predicted octanol–water partition coefficient (Wildman–Crippen LogP) is 4.37. The number of halogens is 3. The zero-order chi connectivity index (χ0) is 17.3. The van der Waals surface area contributed by atoms with E-state index >= 15 is 0 Å². The minimum absolute atomic E-state index is 0.284. The zero-order valence-corrected chi connectivity index (χ0v) is 13.9. The standard InChI is InChI=1S/C15H22F3O4P/c1-2-3-4-7-13-8-5-9-14(12-13)10-6-11-21-23(19,20)22-15(16,17)18/h5,8-9,12H,2-4,6-7,10-11H2,1H3,(H,19,20)/p-1. The summed E-state index contributed by atoms with van der Waals surface area (Å²) in [7, 11) is -5.34. The van der Waals surface area contributed by atoms with Crippen LogP contribution in [0.1, 0.15) is 43.7 Å². The summed E-state index contributed by atoms with van der Waals surface area (Å²) in [5.41, 5.74) is 2.20. The molecule has 0 amide bonds. The summed E-state index contributed by atoms with van der Waals surface area (Å²) in [4.78, 5) is 10.9. The normalized spacial score (nSPS) is 14.7. The summed E-state index contributed by atoms with van der Waals surface area (Å²) in [6.07, 6.45) is -0.0590. The molecule has 0 heterocycles. The van der Waals surface area contributed by atoms with Crippen LogP contribution in [0.25, 0.3) is 0 Å². The Morgan fingerprint density at radius 2 is 1.74 bits per heavy atom. The van der Waals surface area contributed by atoms with Crippen LogP contribution in [-0.2, 0) is 26.5 Å². The predicted molar refractivity (Wildman–Crippen MR) is 78.7 cm³/mol. The smallest absolute Gasteiger partial charge is 0.528 e. The fourth-order valence-corrected chi connectivity index (χ4v) is 2.78. The molecule has 0 spiro atoms. The molecule has 0 aliphatic carbocycles. The van der Waals surface area contributed by atoms with Crippen LogP contribution < -0.4 is 4.89 Å². The maximum Gasteiger partial charge on any atom is 0.528 e. The lowest BCUT2D eigenvalue weighted by Gasteiger charge is -2.23. The van der Waals surface area contributed by atoms with E-state index < -0.39 is 14.2 Å². The summed E-state index contributed by atoms with van der Waals surface area (Å²) in [6.45, 7) is 1.78. The van der Waals surface area contributed by atoms with Crippen molar-refractivity contribution in [1.82, 2.24) is 0 Å². The molecule has 0 fully saturated rings. The number of alkyl halides is 3. The van der Waals surface area contributed by atoms with E-state index in [-0.39, 0.29) is 13.0 Å². The van der Waals surface area contributed by atoms with Gasteiger partial charge in [-0.05, 0) is 36.8 Å². The molecule has 0 bridgehead atoms. The van der Waals surface area contributed by atoms with Crippen molar-refractivity contribution in [3.63, 3.8) is 0 Å². The van der Waals surface area contributed by atoms with E-state index in [1.807, 2.05) is 24.3 Å². The van der Waals surface area contributed by atoms with Crippen LogP contribution >= 0.6 is 7.82 Å². The van der Waals surface area contributed by atoms with Gasteiger partial charge in [-0.2, -0.15) is 0 Å². The molecule has 0 aliphatic rings. The first-order valence-electron chi connectivity index (χ1n) is 7.53. The number of benzene rings is 1. The number of unbranched alkanes of at least 4 members (excludes halogenated alkanes) is 2. The number of phosphoric acid groups is 1. The van der Waals surface area contributed by atoms with Crippen LogP contribution in [0.15, 0.2) is 24.3 Å². The van der Waals surface area contributed by atoms with Gasteiger partial charge < -0.3 is 9.42 Å². The Bertz CT molecular complexity index is 520. The molecule has 23 heavy (non-hydrogen) atoms. The first-order valence-corrected chi connectivity index (χ1v) is 8.99. The Morgan fingerprint density at radius 3 is 2.30 bits per heavy atom. The quantitative estimate of drug-likeness (QED) is 0.463. The van der Waals surface area contributed by atoms with Crippen LogP contribution in [0.5, 0.6) is 0 Å². The van der Waals surface area contributed by atoms with Crippen LogP contribution in [-0.4, -0.2) is 13.0 Å². The highest BCUT2D eigenvalue weighted by atomic mass is 31.2. The van der Waals surface area contributed by atoms with Gasteiger partial charge in [-0.25, -0.2) is 4.52 Å². The lowest BCUT2D eigenvalue weighted by Crippen LogP contribution is -2.19. The van der Waals surface area contributed by atoms with Crippen LogP contribution in [0.3, 0.4) is 0 Å². The Balaban J connectivity index is 2.35. The first kappa shape index (κ1) is 20.2. The molecule has 1 unspecified atom stereocenters. The second kappa shape index (κ2) is 9.42. The molecule has 0 saturated carbocycles. The van der Waals surface area contributed by atoms with Gasteiger partial charge in [-0.3, -0.25) is 4.57 Å². The topological polar surface area (TPSA) is 58.6 Å². The second-order valence-corrected chi connectivity index (χ2v) is 6.53. The Kier molecular flexibility index (Phi) is 8.26. The average Bonchev–Trinajstić information content (AvgIpc) is 2.42. The minimum Gasteiger partial charge on any atom is -0.756 e. The SMILES string of the molecule is CCCCCc1cccc(CCCOP(=O)([O-])OC(F)(F)F)c1. The summed E-state index contributed by atoms with van der Waals surface area (Å²) in [6, 6.07) is 7.87. The summed E-state index contributed by atoms with van der Waals surface area (Å²) < 4.78 is 53.5. The van der Waals surface area contributed by atoms with Crippen molar-refractivity contribution in [2.75, 3.05) is 6.61 Å². The largest absolute Gasteiger partial charge is 0.756 e. The molecule has 0 N–H and O–H groups in total. The molecule has 0 saturated heterocycles. The summed E-state index contributed by atoms with van der Waals surface area (Å²) in [5, 5.41) is 0. The van der Waals surface area contributed by atoms with Crippen molar-refractivity contribution in [2.45, 2.75) is 51.8 Å². The molecule has 1 atom stereocenters. The van der Waals surface area contributed by atoms with Crippen molar-refractivity contribution in [3.05, 3.63) is 35.4 Å². The third-order valence-corrected chi connectivity index (χ3v) is 4.06. The van der Waals surface area contributed by atoms with E-state index in [1.54, 1.807) is 0 Å². The highest BCUT2D eigenvalue weighted by Crippen LogP contribution is 2.44. The van der Waals surface area contributed by atoms with E-state index in [4.69, 9.17) is 0 Å². The number of rotatable bonds is 10. The van der Waals surface area contributed by atoms with Crippen molar-refractivity contribution in [3.8, 4) is 0 Å². The van der Waals surface area contributed by atoms with E-state index in [1.165, 1.54) is 5.56 Å². The molecule has 1 aromatic carbocycles. The van der Waals surface area contributed by atoms with Crippen molar-refractivity contribution in [1.29, 1.82) is 0 Å². The van der Waals surface area contributed by atoms with Crippen LogP contribution in [0.4, 0.5) is 13.2 Å². The summed E-state index contributed by atoms with van der Waals surface area (Å²) >= 11 is 0. The third kappa shape index (κ3) is 9.76. The molecule has 0 aromatic heterocycles. The highest BCUT2D eigenvalue weighted by Gasteiger charge is 2.35. The number of hydrogen-bond donors (Lipinski definition) is 0. The van der Waals surface area contributed by atoms with Gasteiger partial charge in [0.05, 0.1) is 6.61 Å². The Labute approximate surface area is 134 Å². The Morgan fingerprint density at radius 1 is 1.13 bits per heavy atom. The number of aryl methyl sites for hydroxylation is 2. The summed E-state index contributed by atoms with van der Waals surface area (Å²) in [5.74, 6) is 0. The van der Waals surface area contributed by atoms with Crippen LogP contribution in [0, 0.1) is 0 Å². The molecule has 0 aliphatic heterocycles. The number of hydrogen-bond acceptors (Lipinski definition) is 4. The van der Waals surface area contributed by atoms with Gasteiger partial charge in [0, 0.05) is 0 Å². The van der Waals surface area contributed by atoms with E-state index in [9.17, 15) is 22.6 Å². The average molecular weight is 353 g/mol. The molecule has 0 radical (unpaired) electrons. The maximum absolute atomic E-state index is 11.8. The van der Waals surface area contributed by atoms with Gasteiger partial charge in [0.15, 0.2) is 0 Å². The second-order valence-electron chi connectivity index (χ2n) is 5.20. The van der Waals surface area contributed by atoms with Crippen molar-refractivity contribution in [2.24, 2.45) is 0 Å².